The minimum absolute atomic E-state index is 0.481. The van der Waals surface area contributed by atoms with Crippen molar-refractivity contribution in [3.05, 3.63) is 22.4 Å². The Bertz CT molecular complexity index is 73.5. The molecule has 6 heavy (non-hydrogen) atoms. The Morgan fingerprint density at radius 3 is 2.50 bits per heavy atom. The Morgan fingerprint density at radius 1 is 1.33 bits per heavy atom. The van der Waals surface area contributed by atoms with Crippen molar-refractivity contribution < 1.29 is 3.02 Å². The number of hydrogen-bond donors (Lipinski definition) is 0. The van der Waals surface area contributed by atoms with Gasteiger partial charge in [-0.1, -0.05) is 0 Å². The summed E-state index contributed by atoms with van der Waals surface area (Å²) in [6.07, 6.45) is 5.70. The van der Waals surface area contributed by atoms with E-state index in [1.807, 2.05) is 12.2 Å². The first-order valence-corrected chi connectivity index (χ1v) is 4.54. The van der Waals surface area contributed by atoms with Crippen LogP contribution in [-0.4, -0.2) is 22.0 Å². The van der Waals surface area contributed by atoms with E-state index in [2.05, 4.69) is 4.02 Å². The maximum absolute atomic E-state index is 4.97. The van der Waals surface area contributed by atoms with Gasteiger partial charge in [-0.05, 0) is 0 Å². The van der Waals surface area contributed by atoms with Gasteiger partial charge in [0.2, 0.25) is 0 Å². The van der Waals surface area contributed by atoms with Gasteiger partial charge >= 0.3 is 47.5 Å². The molecule has 0 fully saturated rings. The zero-order valence-corrected chi connectivity index (χ0v) is 6.07. The fraction of sp³-hybridized carbons (Fsp3) is 0. The fourth-order valence-corrected chi connectivity index (χ4v) is 1.47. The summed E-state index contributed by atoms with van der Waals surface area (Å²) in [5.74, 6) is 0. The van der Waals surface area contributed by atoms with E-state index in [-0.39, 0.29) is 0 Å². The second kappa shape index (κ2) is 2.30. The molecular formula is C4H5OSb. The van der Waals surface area contributed by atoms with E-state index in [0.717, 1.165) is 0 Å². The van der Waals surface area contributed by atoms with Crippen molar-refractivity contribution in [2.75, 3.05) is 0 Å². The Balaban J connectivity index is 2.46. The molecule has 0 amide bonds. The molecule has 32 valence electrons. The molecule has 1 aliphatic rings. The summed E-state index contributed by atoms with van der Waals surface area (Å²) in [4.78, 5) is 0. The molecule has 0 aromatic heterocycles. The van der Waals surface area contributed by atoms with Crippen LogP contribution in [0, 0.1) is 0 Å². The molecule has 0 aromatic carbocycles. The maximum atomic E-state index is 4.97. The van der Waals surface area contributed by atoms with Gasteiger partial charge in [0, 0.05) is 0 Å². The van der Waals surface area contributed by atoms with E-state index in [1.165, 1.54) is 0 Å². The van der Waals surface area contributed by atoms with Gasteiger partial charge in [0.05, 0.1) is 0 Å². The zero-order chi connectivity index (χ0) is 4.24. The standard InChI is InChI=1S/C4H5O.Sb.H/c1-2-3-4-5;;/h1-5H;;/q;+1;/p-1. The van der Waals surface area contributed by atoms with Crippen LogP contribution < -0.4 is 0 Å². The quantitative estimate of drug-likeness (QED) is 0.503. The van der Waals surface area contributed by atoms with E-state index in [9.17, 15) is 0 Å². The van der Waals surface area contributed by atoms with Crippen LogP contribution >= 0.6 is 0 Å². The second-order valence-electron chi connectivity index (χ2n) is 0.923. The molecule has 1 heterocycles. The number of allylic oxidation sites excluding steroid dienone is 2. The van der Waals surface area contributed by atoms with Gasteiger partial charge in [-0.2, -0.15) is 0 Å². The van der Waals surface area contributed by atoms with Gasteiger partial charge in [-0.15, -0.1) is 0 Å². The summed E-state index contributed by atoms with van der Waals surface area (Å²) < 4.78 is 7.10. The molecule has 0 bridgehead atoms. The molecule has 1 rings (SSSR count). The van der Waals surface area contributed by atoms with Crippen molar-refractivity contribution in [2.45, 2.75) is 0 Å². The van der Waals surface area contributed by atoms with Crippen molar-refractivity contribution in [3.8, 4) is 0 Å². The molecule has 0 spiro atoms. The fourth-order valence-electron chi connectivity index (χ4n) is 0.258. The van der Waals surface area contributed by atoms with Crippen LogP contribution in [0.15, 0.2) is 22.4 Å². The summed E-state index contributed by atoms with van der Waals surface area (Å²) in [5, 5.41) is 0. The Kier molecular flexibility index (Phi) is 1.64. The third-order valence-electron chi connectivity index (χ3n) is 0.490. The van der Waals surface area contributed by atoms with E-state index in [4.69, 9.17) is 3.02 Å². The molecule has 0 saturated heterocycles. The average molecular weight is 191 g/mol. The van der Waals surface area contributed by atoms with Crippen LogP contribution in [0.2, 0.25) is 0 Å². The second-order valence-corrected chi connectivity index (χ2v) is 3.22. The summed E-state index contributed by atoms with van der Waals surface area (Å²) in [6.45, 7) is 0. The monoisotopic (exact) mass is 190 g/mol. The predicted octanol–water partition coefficient (Wildman–Crippen LogP) is 0.395. The first-order valence-electron chi connectivity index (χ1n) is 1.73. The summed E-state index contributed by atoms with van der Waals surface area (Å²) in [6, 6.07) is 0. The third-order valence-corrected chi connectivity index (χ3v) is 2.20. The molecule has 0 unspecified atom stereocenters. The molecular weight excluding hydrogens is 186 g/mol. The van der Waals surface area contributed by atoms with Crippen LogP contribution in [-0.2, 0) is 3.02 Å². The number of hydrogen-bond acceptors (Lipinski definition) is 1. The van der Waals surface area contributed by atoms with Crippen LogP contribution in [0.4, 0.5) is 0 Å². The summed E-state index contributed by atoms with van der Waals surface area (Å²) >= 11 is -0.481. The Hall–Kier alpha value is 0.0982. The van der Waals surface area contributed by atoms with Gasteiger partial charge in [-0.25, -0.2) is 0 Å². The van der Waals surface area contributed by atoms with Gasteiger partial charge in [0.25, 0.3) is 0 Å². The minimum atomic E-state index is -0.481. The molecule has 2 heteroatoms. The van der Waals surface area contributed by atoms with Crippen LogP contribution in [0.5, 0.6) is 0 Å². The number of rotatable bonds is 0. The Morgan fingerprint density at radius 2 is 2.33 bits per heavy atom. The molecule has 0 aromatic rings. The van der Waals surface area contributed by atoms with Gasteiger partial charge in [0.15, 0.2) is 0 Å². The SMILES string of the molecule is C1=C[O][SbH][CH]=C1. The molecule has 1 aliphatic heterocycles. The van der Waals surface area contributed by atoms with E-state index in [0.29, 0.717) is 0 Å². The van der Waals surface area contributed by atoms with Crippen LogP contribution in [0.25, 0.3) is 0 Å². The van der Waals surface area contributed by atoms with E-state index < -0.39 is 22.0 Å². The molecule has 0 aliphatic carbocycles. The summed E-state index contributed by atoms with van der Waals surface area (Å²) in [5.41, 5.74) is 0. The average Bonchev–Trinajstić information content (AvgIpc) is 1.72. The molecule has 0 saturated carbocycles. The zero-order valence-electron chi connectivity index (χ0n) is 3.22. The van der Waals surface area contributed by atoms with Crippen molar-refractivity contribution in [2.24, 2.45) is 0 Å². The molecule has 0 atom stereocenters. The van der Waals surface area contributed by atoms with Gasteiger partial charge < -0.3 is 0 Å². The van der Waals surface area contributed by atoms with E-state index >= 15 is 0 Å². The summed E-state index contributed by atoms with van der Waals surface area (Å²) in [7, 11) is 0. The first-order chi connectivity index (χ1) is 3.00. The van der Waals surface area contributed by atoms with Crippen molar-refractivity contribution in [1.29, 1.82) is 0 Å². The van der Waals surface area contributed by atoms with Gasteiger partial charge in [-0.3, -0.25) is 0 Å². The van der Waals surface area contributed by atoms with Crippen LogP contribution in [0.1, 0.15) is 0 Å². The van der Waals surface area contributed by atoms with E-state index in [1.54, 1.807) is 6.26 Å². The normalized spacial score (nSPS) is 17.3. The van der Waals surface area contributed by atoms with Crippen LogP contribution in [0.3, 0.4) is 0 Å². The third kappa shape index (κ3) is 1.06. The van der Waals surface area contributed by atoms with Gasteiger partial charge in [0.1, 0.15) is 0 Å². The topological polar surface area (TPSA) is 9.23 Å². The molecule has 0 radical (unpaired) electrons. The molecule has 0 N–H and O–H groups in total. The van der Waals surface area contributed by atoms with Crippen molar-refractivity contribution in [3.63, 3.8) is 0 Å². The van der Waals surface area contributed by atoms with Crippen molar-refractivity contribution >= 4 is 22.0 Å². The predicted molar refractivity (Wildman–Crippen MR) is 26.5 cm³/mol. The Labute approximate surface area is 47.8 Å². The molecule has 1 nitrogen and oxygen atoms in total. The first kappa shape index (κ1) is 4.26. The van der Waals surface area contributed by atoms with Crippen molar-refractivity contribution in [1.82, 2.24) is 0 Å².